The molecule has 1 aromatic carbocycles. The van der Waals surface area contributed by atoms with Gasteiger partial charge < -0.3 is 5.32 Å². The van der Waals surface area contributed by atoms with Crippen molar-refractivity contribution in [3.05, 3.63) is 40.6 Å². The van der Waals surface area contributed by atoms with Crippen LogP contribution in [0.1, 0.15) is 5.69 Å². The van der Waals surface area contributed by atoms with E-state index in [-0.39, 0.29) is 22.4 Å². The second-order valence-corrected chi connectivity index (χ2v) is 4.14. The van der Waals surface area contributed by atoms with Crippen LogP contribution in [0.15, 0.2) is 18.2 Å². The summed E-state index contributed by atoms with van der Waals surface area (Å²) < 4.78 is 26.8. The van der Waals surface area contributed by atoms with Crippen molar-refractivity contribution in [3.8, 4) is 11.4 Å². The first-order valence-electron chi connectivity index (χ1n) is 5.19. The van der Waals surface area contributed by atoms with Crippen LogP contribution < -0.4 is 5.32 Å². The quantitative estimate of drug-likeness (QED) is 0.908. The van der Waals surface area contributed by atoms with Crippen molar-refractivity contribution in [3.63, 3.8) is 0 Å². The molecule has 0 atom stereocenters. The summed E-state index contributed by atoms with van der Waals surface area (Å²) in [4.78, 5) is 7.96. The van der Waals surface area contributed by atoms with Crippen molar-refractivity contribution in [1.29, 1.82) is 0 Å². The zero-order valence-corrected chi connectivity index (χ0v) is 10.5. The van der Waals surface area contributed by atoms with Crippen LogP contribution in [0.2, 0.25) is 5.02 Å². The van der Waals surface area contributed by atoms with Crippen LogP contribution >= 0.6 is 11.6 Å². The molecule has 1 N–H and O–H groups in total. The Hall–Kier alpha value is -1.75. The molecule has 6 heteroatoms. The molecule has 0 spiro atoms. The van der Waals surface area contributed by atoms with Crippen LogP contribution in [0.3, 0.4) is 0 Å². The van der Waals surface area contributed by atoms with Gasteiger partial charge in [-0.2, -0.15) is 0 Å². The average molecular weight is 270 g/mol. The highest BCUT2D eigenvalue weighted by molar-refractivity contribution is 6.30. The number of anilines is 1. The van der Waals surface area contributed by atoms with Crippen molar-refractivity contribution in [2.24, 2.45) is 0 Å². The van der Waals surface area contributed by atoms with Gasteiger partial charge >= 0.3 is 0 Å². The Balaban J connectivity index is 2.60. The molecular weight excluding hydrogens is 260 g/mol. The van der Waals surface area contributed by atoms with E-state index in [0.717, 1.165) is 0 Å². The van der Waals surface area contributed by atoms with Gasteiger partial charge in [0.2, 0.25) is 0 Å². The maximum atomic E-state index is 13.6. The Labute approximate surface area is 108 Å². The Morgan fingerprint density at radius 2 is 1.89 bits per heavy atom. The van der Waals surface area contributed by atoms with Crippen LogP contribution in [-0.4, -0.2) is 17.0 Å². The summed E-state index contributed by atoms with van der Waals surface area (Å²) in [5.41, 5.74) is 0.587. The average Bonchev–Trinajstić information content (AvgIpc) is 2.31. The first kappa shape index (κ1) is 12.7. The fourth-order valence-corrected chi connectivity index (χ4v) is 1.76. The lowest BCUT2D eigenvalue weighted by Gasteiger charge is -2.07. The van der Waals surface area contributed by atoms with Crippen molar-refractivity contribution in [1.82, 2.24) is 9.97 Å². The Bertz CT molecular complexity index is 582. The summed E-state index contributed by atoms with van der Waals surface area (Å²) in [6, 6.07) is 3.95. The van der Waals surface area contributed by atoms with E-state index in [2.05, 4.69) is 15.3 Å². The van der Waals surface area contributed by atoms with E-state index in [1.807, 2.05) is 0 Å². The summed E-state index contributed by atoms with van der Waals surface area (Å²) >= 11 is 5.76. The second kappa shape index (κ2) is 4.86. The maximum Gasteiger partial charge on any atom is 0.186 e. The lowest BCUT2D eigenvalue weighted by Crippen LogP contribution is -2.03. The predicted octanol–water partition coefficient (Wildman–Crippen LogP) is 3.43. The van der Waals surface area contributed by atoms with Gasteiger partial charge in [0.25, 0.3) is 0 Å². The number of nitrogens with one attached hydrogen (secondary N) is 1. The molecule has 0 radical (unpaired) electrons. The highest BCUT2D eigenvalue weighted by Gasteiger charge is 2.12. The molecule has 3 nitrogen and oxygen atoms in total. The monoisotopic (exact) mass is 269 g/mol. The molecule has 94 valence electrons. The van der Waals surface area contributed by atoms with E-state index in [9.17, 15) is 8.78 Å². The largest absolute Gasteiger partial charge is 0.371 e. The standard InChI is InChI=1S/C12H10ClF2N3/c1-6-10(15)12(16-2)18-11(17-6)7-3-8(13)5-9(14)4-7/h3-5H,1-2H3,(H,16,17,18). The SMILES string of the molecule is CNc1nc(-c2cc(F)cc(Cl)c2)nc(C)c1F. The number of halogens is 3. The van der Waals surface area contributed by atoms with Crippen molar-refractivity contribution in [2.45, 2.75) is 6.92 Å². The summed E-state index contributed by atoms with van der Waals surface area (Å²) in [6.45, 7) is 1.52. The van der Waals surface area contributed by atoms with Gasteiger partial charge in [0.05, 0.1) is 5.69 Å². The van der Waals surface area contributed by atoms with Gasteiger partial charge in [-0.25, -0.2) is 18.7 Å². The van der Waals surface area contributed by atoms with Gasteiger partial charge in [0.1, 0.15) is 5.82 Å². The topological polar surface area (TPSA) is 37.8 Å². The van der Waals surface area contributed by atoms with Crippen molar-refractivity contribution < 1.29 is 8.78 Å². The molecule has 0 amide bonds. The highest BCUT2D eigenvalue weighted by Crippen LogP contribution is 2.24. The van der Waals surface area contributed by atoms with Gasteiger partial charge in [-0.15, -0.1) is 0 Å². The number of aromatic nitrogens is 2. The minimum atomic E-state index is -0.524. The zero-order chi connectivity index (χ0) is 13.3. The molecular formula is C12H10ClF2N3. The lowest BCUT2D eigenvalue weighted by molar-refractivity contribution is 0.607. The third-order valence-corrected chi connectivity index (χ3v) is 2.59. The number of benzene rings is 1. The Kier molecular flexibility index (Phi) is 3.43. The smallest absolute Gasteiger partial charge is 0.186 e. The van der Waals surface area contributed by atoms with Crippen LogP contribution in [0.4, 0.5) is 14.6 Å². The molecule has 0 bridgehead atoms. The summed E-state index contributed by atoms with van der Waals surface area (Å²) in [5, 5.41) is 2.86. The summed E-state index contributed by atoms with van der Waals surface area (Å²) in [6.07, 6.45) is 0. The fourth-order valence-electron chi connectivity index (χ4n) is 1.54. The Morgan fingerprint density at radius 1 is 1.17 bits per heavy atom. The molecule has 1 aromatic heterocycles. The zero-order valence-electron chi connectivity index (χ0n) is 9.76. The number of rotatable bonds is 2. The molecule has 0 aliphatic heterocycles. The molecule has 0 saturated heterocycles. The molecule has 2 rings (SSSR count). The van der Waals surface area contributed by atoms with Gasteiger partial charge in [0.15, 0.2) is 17.5 Å². The van der Waals surface area contributed by atoms with Crippen LogP contribution in [0.5, 0.6) is 0 Å². The van der Waals surface area contributed by atoms with E-state index >= 15 is 0 Å². The minimum Gasteiger partial charge on any atom is -0.371 e. The molecule has 0 fully saturated rings. The Morgan fingerprint density at radius 3 is 2.50 bits per heavy atom. The highest BCUT2D eigenvalue weighted by atomic mass is 35.5. The summed E-state index contributed by atoms with van der Waals surface area (Å²) in [7, 11) is 1.55. The van der Waals surface area contributed by atoms with E-state index in [1.54, 1.807) is 7.05 Å². The first-order chi connectivity index (χ1) is 8.51. The van der Waals surface area contributed by atoms with E-state index in [4.69, 9.17) is 11.6 Å². The molecule has 18 heavy (non-hydrogen) atoms. The third kappa shape index (κ3) is 2.41. The fraction of sp³-hybridized carbons (Fsp3) is 0.167. The van der Waals surface area contributed by atoms with Crippen LogP contribution in [0.25, 0.3) is 11.4 Å². The molecule has 0 aliphatic rings. The molecule has 0 unspecified atom stereocenters. The van der Waals surface area contributed by atoms with Gasteiger partial charge in [0, 0.05) is 17.6 Å². The van der Waals surface area contributed by atoms with Crippen LogP contribution in [-0.2, 0) is 0 Å². The first-order valence-corrected chi connectivity index (χ1v) is 5.57. The third-order valence-electron chi connectivity index (χ3n) is 2.37. The number of hydrogen-bond acceptors (Lipinski definition) is 3. The maximum absolute atomic E-state index is 13.6. The molecule has 0 aliphatic carbocycles. The number of hydrogen-bond donors (Lipinski definition) is 1. The van der Waals surface area contributed by atoms with E-state index < -0.39 is 11.6 Å². The van der Waals surface area contributed by atoms with Crippen molar-refractivity contribution >= 4 is 17.4 Å². The van der Waals surface area contributed by atoms with Crippen molar-refractivity contribution in [2.75, 3.05) is 12.4 Å². The predicted molar refractivity (Wildman–Crippen MR) is 66.7 cm³/mol. The molecule has 0 saturated carbocycles. The van der Waals surface area contributed by atoms with E-state index in [1.165, 1.54) is 25.1 Å². The van der Waals surface area contributed by atoms with Gasteiger partial charge in [-0.3, -0.25) is 0 Å². The van der Waals surface area contributed by atoms with E-state index in [0.29, 0.717) is 5.56 Å². The van der Waals surface area contributed by atoms with Gasteiger partial charge in [-0.1, -0.05) is 11.6 Å². The second-order valence-electron chi connectivity index (χ2n) is 3.70. The minimum absolute atomic E-state index is 0.0675. The number of aryl methyl sites for hydroxylation is 1. The van der Waals surface area contributed by atoms with Crippen LogP contribution in [0, 0.1) is 18.6 Å². The molecule has 2 aromatic rings. The number of nitrogens with zero attached hydrogens (tertiary/aromatic N) is 2. The normalized spacial score (nSPS) is 10.5. The molecule has 1 heterocycles. The lowest BCUT2D eigenvalue weighted by atomic mass is 10.2. The summed E-state index contributed by atoms with van der Waals surface area (Å²) in [5.74, 6) is -0.727. The van der Waals surface area contributed by atoms with Gasteiger partial charge in [-0.05, 0) is 25.1 Å².